The van der Waals surface area contributed by atoms with Crippen molar-refractivity contribution in [1.29, 1.82) is 0 Å². The smallest absolute Gasteiger partial charge is 0.331 e. The third-order valence-corrected chi connectivity index (χ3v) is 6.31. The largest absolute Gasteiger partial charge is 0.508 e. The first-order chi connectivity index (χ1) is 15.2. The molecule has 7 nitrogen and oxygen atoms in total. The van der Waals surface area contributed by atoms with Crippen LogP contribution in [0.3, 0.4) is 0 Å². The first kappa shape index (κ1) is 20.3. The molecule has 5 rings (SSSR count). The molecular weight excluding hydrogens is 406 g/mol. The topological polar surface area (TPSA) is 78.4 Å². The van der Waals surface area contributed by atoms with Crippen LogP contribution >= 0.6 is 0 Å². The summed E-state index contributed by atoms with van der Waals surface area (Å²) in [6, 6.07) is 16.6. The second kappa shape index (κ2) is 6.97. The summed E-state index contributed by atoms with van der Waals surface area (Å²) in [6.45, 7) is 4.55. The van der Waals surface area contributed by atoms with Gasteiger partial charge in [0.2, 0.25) is 0 Å². The van der Waals surface area contributed by atoms with Gasteiger partial charge in [-0.2, -0.15) is 0 Å². The molecule has 0 fully saturated rings. The molecule has 1 atom stereocenters. The molecule has 164 valence electrons. The Balaban J connectivity index is 2.01. The van der Waals surface area contributed by atoms with Crippen LogP contribution in [0.1, 0.15) is 31.2 Å². The lowest BCUT2D eigenvalue weighted by molar-refractivity contribution is -0.00708. The maximum Gasteiger partial charge on any atom is 0.331 e. The van der Waals surface area contributed by atoms with E-state index in [4.69, 9.17) is 4.74 Å². The number of ether oxygens (including phenoxy) is 1. The number of aromatic hydroxyl groups is 1. The molecule has 32 heavy (non-hydrogen) atoms. The summed E-state index contributed by atoms with van der Waals surface area (Å²) >= 11 is 0. The Kier molecular flexibility index (Phi) is 4.43. The minimum atomic E-state index is -0.499. The normalized spacial score (nSPS) is 17.4. The SMILES string of the molecule is Cn1c(=O)c2c(-c3ccccc3)n3c(c2n(C)c1=O)C(c1ccc(O)cc1)OCC3(C)C. The molecule has 3 heterocycles. The van der Waals surface area contributed by atoms with E-state index < -0.39 is 11.6 Å². The van der Waals surface area contributed by atoms with Gasteiger partial charge in [-0.1, -0.05) is 42.5 Å². The number of fused-ring (bicyclic) bond motifs is 3. The molecule has 2 aromatic carbocycles. The van der Waals surface area contributed by atoms with Crippen molar-refractivity contribution in [3.63, 3.8) is 0 Å². The van der Waals surface area contributed by atoms with Gasteiger partial charge in [0.05, 0.1) is 34.4 Å². The van der Waals surface area contributed by atoms with Crippen molar-refractivity contribution in [1.82, 2.24) is 13.7 Å². The lowest BCUT2D eigenvalue weighted by atomic mass is 9.98. The van der Waals surface area contributed by atoms with Gasteiger partial charge < -0.3 is 14.4 Å². The van der Waals surface area contributed by atoms with E-state index in [0.717, 1.165) is 27.1 Å². The van der Waals surface area contributed by atoms with Gasteiger partial charge in [0.1, 0.15) is 11.9 Å². The van der Waals surface area contributed by atoms with Crippen LogP contribution in [0.5, 0.6) is 5.75 Å². The fourth-order valence-electron chi connectivity index (χ4n) is 4.77. The number of nitrogens with zero attached hydrogens (tertiary/aromatic N) is 3. The summed E-state index contributed by atoms with van der Waals surface area (Å²) in [5, 5.41) is 10.3. The minimum Gasteiger partial charge on any atom is -0.508 e. The zero-order valence-corrected chi connectivity index (χ0v) is 18.5. The Bertz CT molecular complexity index is 1460. The fraction of sp³-hybridized carbons (Fsp3) is 0.280. The molecule has 0 bridgehead atoms. The zero-order valence-electron chi connectivity index (χ0n) is 18.5. The molecule has 7 heteroatoms. The average molecular weight is 431 g/mol. The molecule has 0 amide bonds. The number of hydrogen-bond acceptors (Lipinski definition) is 4. The number of aromatic nitrogens is 3. The van der Waals surface area contributed by atoms with Gasteiger partial charge in [-0.05, 0) is 37.1 Å². The molecular formula is C25H25N3O4. The van der Waals surface area contributed by atoms with Gasteiger partial charge in [-0.15, -0.1) is 0 Å². The van der Waals surface area contributed by atoms with E-state index in [-0.39, 0.29) is 17.0 Å². The summed E-state index contributed by atoms with van der Waals surface area (Å²) in [6.07, 6.45) is -0.499. The standard InChI is InChI=1S/C25H25N3O4/c1-25(2)14-32-22(16-10-12-17(29)13-11-16)21-20-18(23(30)27(4)24(31)26(20)3)19(28(21)25)15-8-6-5-7-9-15/h5-13,22,29H,14H2,1-4H3. The molecule has 4 aromatic rings. The van der Waals surface area contributed by atoms with Gasteiger partial charge in [-0.25, -0.2) is 4.79 Å². The second-order valence-electron chi connectivity index (χ2n) is 8.96. The predicted octanol–water partition coefficient (Wildman–Crippen LogP) is 3.27. The molecule has 1 aliphatic heterocycles. The van der Waals surface area contributed by atoms with Crippen LogP contribution in [0.2, 0.25) is 0 Å². The van der Waals surface area contributed by atoms with Crippen LogP contribution in [0.15, 0.2) is 64.2 Å². The van der Waals surface area contributed by atoms with Gasteiger partial charge >= 0.3 is 5.69 Å². The van der Waals surface area contributed by atoms with E-state index in [0.29, 0.717) is 17.5 Å². The first-order valence-corrected chi connectivity index (χ1v) is 10.5. The summed E-state index contributed by atoms with van der Waals surface area (Å²) in [5.74, 6) is 0.163. The highest BCUT2D eigenvalue weighted by atomic mass is 16.5. The average Bonchev–Trinajstić information content (AvgIpc) is 3.15. The van der Waals surface area contributed by atoms with Crippen molar-refractivity contribution in [3.05, 3.63) is 86.7 Å². The maximum absolute atomic E-state index is 13.5. The number of aryl methyl sites for hydroxylation is 1. The first-order valence-electron chi connectivity index (χ1n) is 10.5. The minimum absolute atomic E-state index is 0.163. The second-order valence-corrected chi connectivity index (χ2v) is 8.96. The van der Waals surface area contributed by atoms with Crippen molar-refractivity contribution in [3.8, 4) is 17.0 Å². The van der Waals surface area contributed by atoms with Crippen molar-refractivity contribution in [2.75, 3.05) is 6.61 Å². The van der Waals surface area contributed by atoms with Crippen LogP contribution in [-0.4, -0.2) is 25.4 Å². The highest BCUT2D eigenvalue weighted by Crippen LogP contribution is 2.45. The van der Waals surface area contributed by atoms with Gasteiger partial charge in [0.15, 0.2) is 0 Å². The molecule has 1 aliphatic rings. The number of phenolic OH excluding ortho intramolecular Hbond substituents is 1. The number of phenols is 1. The number of rotatable bonds is 2. The van der Waals surface area contributed by atoms with E-state index in [9.17, 15) is 14.7 Å². The Morgan fingerprint density at radius 3 is 2.28 bits per heavy atom. The molecule has 0 saturated carbocycles. The third kappa shape index (κ3) is 2.78. The van der Waals surface area contributed by atoms with E-state index in [1.54, 1.807) is 19.2 Å². The van der Waals surface area contributed by atoms with Crippen molar-refractivity contribution in [2.24, 2.45) is 14.1 Å². The lowest BCUT2D eigenvalue weighted by Gasteiger charge is -2.39. The quantitative estimate of drug-likeness (QED) is 0.528. The van der Waals surface area contributed by atoms with Gasteiger partial charge in [0, 0.05) is 14.1 Å². The van der Waals surface area contributed by atoms with E-state index in [1.165, 1.54) is 11.6 Å². The van der Waals surface area contributed by atoms with Crippen LogP contribution in [0.25, 0.3) is 22.2 Å². The molecule has 1 N–H and O–H groups in total. The van der Waals surface area contributed by atoms with Crippen molar-refractivity contribution >= 4 is 10.9 Å². The van der Waals surface area contributed by atoms with Crippen molar-refractivity contribution < 1.29 is 9.84 Å². The Hall–Kier alpha value is -3.58. The van der Waals surface area contributed by atoms with E-state index in [1.807, 2.05) is 42.5 Å². The van der Waals surface area contributed by atoms with Gasteiger partial charge in [-0.3, -0.25) is 13.9 Å². The zero-order chi connectivity index (χ0) is 22.8. The summed E-state index contributed by atoms with van der Waals surface area (Å²) < 4.78 is 11.2. The van der Waals surface area contributed by atoms with Crippen LogP contribution in [-0.2, 0) is 24.4 Å². The summed E-state index contributed by atoms with van der Waals surface area (Å²) in [5.41, 5.74) is 2.68. The summed E-state index contributed by atoms with van der Waals surface area (Å²) in [7, 11) is 3.20. The summed E-state index contributed by atoms with van der Waals surface area (Å²) in [4.78, 5) is 26.4. The van der Waals surface area contributed by atoms with Crippen molar-refractivity contribution in [2.45, 2.75) is 25.5 Å². The molecule has 0 radical (unpaired) electrons. The number of hydrogen-bond donors (Lipinski definition) is 1. The Morgan fingerprint density at radius 1 is 0.969 bits per heavy atom. The molecule has 1 unspecified atom stereocenters. The van der Waals surface area contributed by atoms with Crippen LogP contribution < -0.4 is 11.2 Å². The monoisotopic (exact) mass is 431 g/mol. The highest BCUT2D eigenvalue weighted by molar-refractivity contribution is 5.96. The molecule has 0 aliphatic carbocycles. The highest BCUT2D eigenvalue weighted by Gasteiger charge is 2.40. The lowest BCUT2D eigenvalue weighted by Crippen LogP contribution is -2.40. The molecule has 2 aromatic heterocycles. The van der Waals surface area contributed by atoms with Crippen LogP contribution in [0.4, 0.5) is 0 Å². The van der Waals surface area contributed by atoms with Crippen LogP contribution in [0, 0.1) is 0 Å². The maximum atomic E-state index is 13.5. The molecule has 0 saturated heterocycles. The molecule has 0 spiro atoms. The number of benzene rings is 2. The Labute approximate surface area is 184 Å². The van der Waals surface area contributed by atoms with Gasteiger partial charge in [0.25, 0.3) is 5.56 Å². The van der Waals surface area contributed by atoms with E-state index in [2.05, 4.69) is 18.4 Å². The third-order valence-electron chi connectivity index (χ3n) is 6.31. The fourth-order valence-corrected chi connectivity index (χ4v) is 4.77. The Morgan fingerprint density at radius 2 is 1.62 bits per heavy atom. The predicted molar refractivity (Wildman–Crippen MR) is 123 cm³/mol. The van der Waals surface area contributed by atoms with E-state index >= 15 is 0 Å².